The predicted molar refractivity (Wildman–Crippen MR) is 66.5 cm³/mol. The van der Waals surface area contributed by atoms with Crippen molar-refractivity contribution < 1.29 is 14.3 Å². The number of esters is 1. The number of nitrogens with two attached hydrogens (primary N) is 1. The standard InChI is InChI=1S/C12H15NO3S/c1-3-16-12(15)8-7-5-4-6(2)9(14)10(7)17-11(8)13/h6H,3-5,13H2,1-2H3. The van der Waals surface area contributed by atoms with Crippen LogP contribution >= 0.6 is 11.3 Å². The van der Waals surface area contributed by atoms with Gasteiger partial charge in [0.1, 0.15) is 5.00 Å². The zero-order valence-corrected chi connectivity index (χ0v) is 10.7. The molecule has 0 fully saturated rings. The van der Waals surface area contributed by atoms with Crippen LogP contribution in [0.3, 0.4) is 0 Å². The highest BCUT2D eigenvalue weighted by molar-refractivity contribution is 7.18. The summed E-state index contributed by atoms with van der Waals surface area (Å²) in [6, 6.07) is 0. The second kappa shape index (κ2) is 4.49. The topological polar surface area (TPSA) is 69.4 Å². The van der Waals surface area contributed by atoms with E-state index < -0.39 is 5.97 Å². The zero-order valence-electron chi connectivity index (χ0n) is 9.91. The fourth-order valence-corrected chi connectivity index (χ4v) is 3.22. The van der Waals surface area contributed by atoms with Crippen LogP contribution in [-0.4, -0.2) is 18.4 Å². The van der Waals surface area contributed by atoms with Crippen LogP contribution in [0.15, 0.2) is 0 Å². The smallest absolute Gasteiger partial charge is 0.341 e. The molecule has 1 aromatic heterocycles. The summed E-state index contributed by atoms with van der Waals surface area (Å²) in [5, 5.41) is 0.399. The van der Waals surface area contributed by atoms with Crippen molar-refractivity contribution in [1.82, 2.24) is 0 Å². The van der Waals surface area contributed by atoms with E-state index >= 15 is 0 Å². The molecule has 1 atom stereocenters. The van der Waals surface area contributed by atoms with E-state index in [2.05, 4.69) is 0 Å². The van der Waals surface area contributed by atoms with E-state index in [9.17, 15) is 9.59 Å². The summed E-state index contributed by atoms with van der Waals surface area (Å²) in [5.74, 6) is -0.293. The first-order valence-electron chi connectivity index (χ1n) is 5.68. The van der Waals surface area contributed by atoms with Gasteiger partial charge < -0.3 is 10.5 Å². The Morgan fingerprint density at radius 3 is 2.94 bits per heavy atom. The molecule has 92 valence electrons. The molecular weight excluding hydrogens is 238 g/mol. The van der Waals surface area contributed by atoms with Gasteiger partial charge in [-0.15, -0.1) is 11.3 Å². The number of carbonyl (C=O) groups is 2. The van der Waals surface area contributed by atoms with Crippen molar-refractivity contribution in [2.24, 2.45) is 5.92 Å². The van der Waals surface area contributed by atoms with Crippen molar-refractivity contribution in [2.75, 3.05) is 12.3 Å². The number of fused-ring (bicyclic) bond motifs is 1. The number of ether oxygens (including phenoxy) is 1. The van der Waals surface area contributed by atoms with Gasteiger partial charge in [0.15, 0.2) is 5.78 Å². The second-order valence-electron chi connectivity index (χ2n) is 4.17. The summed E-state index contributed by atoms with van der Waals surface area (Å²) in [6.07, 6.45) is 1.50. The Bertz CT molecular complexity index is 478. The van der Waals surface area contributed by atoms with Gasteiger partial charge in [-0.05, 0) is 25.3 Å². The van der Waals surface area contributed by atoms with Gasteiger partial charge in [-0.3, -0.25) is 4.79 Å². The number of rotatable bonds is 2. The lowest BCUT2D eigenvalue weighted by molar-refractivity contribution is 0.0526. The highest BCUT2D eigenvalue weighted by Crippen LogP contribution is 2.38. The minimum Gasteiger partial charge on any atom is -0.462 e. The van der Waals surface area contributed by atoms with E-state index in [1.54, 1.807) is 6.92 Å². The molecule has 0 aliphatic heterocycles. The Kier molecular flexibility index (Phi) is 3.19. The summed E-state index contributed by atoms with van der Waals surface area (Å²) >= 11 is 1.21. The van der Waals surface area contributed by atoms with Crippen molar-refractivity contribution in [1.29, 1.82) is 0 Å². The molecule has 0 amide bonds. The third kappa shape index (κ3) is 1.95. The number of carbonyl (C=O) groups excluding carboxylic acids is 2. The van der Waals surface area contributed by atoms with E-state index in [1.165, 1.54) is 11.3 Å². The van der Waals surface area contributed by atoms with Crippen LogP contribution in [0.2, 0.25) is 0 Å². The van der Waals surface area contributed by atoms with Crippen molar-refractivity contribution in [2.45, 2.75) is 26.7 Å². The Balaban J connectivity index is 2.46. The van der Waals surface area contributed by atoms with Crippen LogP contribution in [0, 0.1) is 5.92 Å². The van der Waals surface area contributed by atoms with Gasteiger partial charge in [0.05, 0.1) is 17.0 Å². The number of ketones is 1. The molecule has 2 rings (SSSR count). The molecule has 1 aliphatic carbocycles. The normalized spacial score (nSPS) is 18.9. The average Bonchev–Trinajstić information content (AvgIpc) is 2.61. The number of anilines is 1. The third-order valence-electron chi connectivity index (χ3n) is 3.01. The van der Waals surface area contributed by atoms with Crippen molar-refractivity contribution >= 4 is 28.1 Å². The lowest BCUT2D eigenvalue weighted by atomic mass is 9.87. The van der Waals surface area contributed by atoms with E-state index in [4.69, 9.17) is 10.5 Å². The molecule has 0 saturated heterocycles. The van der Waals surface area contributed by atoms with Crippen LogP contribution < -0.4 is 5.73 Å². The quantitative estimate of drug-likeness (QED) is 0.821. The fourth-order valence-electron chi connectivity index (χ4n) is 2.07. The van der Waals surface area contributed by atoms with E-state index in [0.717, 1.165) is 18.4 Å². The maximum atomic E-state index is 12.0. The predicted octanol–water partition coefficient (Wildman–Crippen LogP) is 2.27. The van der Waals surface area contributed by atoms with Crippen LogP contribution in [0.25, 0.3) is 0 Å². The number of hydrogen-bond acceptors (Lipinski definition) is 5. The van der Waals surface area contributed by atoms with Gasteiger partial charge in [-0.1, -0.05) is 6.92 Å². The van der Waals surface area contributed by atoms with Gasteiger partial charge in [0.2, 0.25) is 0 Å². The average molecular weight is 253 g/mol. The summed E-state index contributed by atoms with van der Waals surface area (Å²) in [7, 11) is 0. The highest BCUT2D eigenvalue weighted by Gasteiger charge is 2.32. The first-order valence-corrected chi connectivity index (χ1v) is 6.50. The maximum absolute atomic E-state index is 12.0. The van der Waals surface area contributed by atoms with Crippen LogP contribution in [0.4, 0.5) is 5.00 Å². The van der Waals surface area contributed by atoms with Crippen molar-refractivity contribution in [3.8, 4) is 0 Å². The Morgan fingerprint density at radius 2 is 2.29 bits per heavy atom. The largest absolute Gasteiger partial charge is 0.462 e. The number of hydrogen-bond donors (Lipinski definition) is 1. The molecule has 17 heavy (non-hydrogen) atoms. The van der Waals surface area contributed by atoms with Crippen molar-refractivity contribution in [3.05, 3.63) is 16.0 Å². The molecule has 5 heteroatoms. The van der Waals surface area contributed by atoms with E-state index in [-0.39, 0.29) is 11.7 Å². The monoisotopic (exact) mass is 253 g/mol. The van der Waals surface area contributed by atoms with E-state index in [1.807, 2.05) is 6.92 Å². The highest BCUT2D eigenvalue weighted by atomic mass is 32.1. The minimum absolute atomic E-state index is 0.0237. The molecule has 0 spiro atoms. The Morgan fingerprint density at radius 1 is 1.59 bits per heavy atom. The number of Topliss-reactive ketones (excluding diaryl/α,β-unsaturated/α-hetero) is 1. The third-order valence-corrected chi connectivity index (χ3v) is 4.09. The molecular formula is C12H15NO3S. The second-order valence-corrected chi connectivity index (χ2v) is 5.23. The fraction of sp³-hybridized carbons (Fsp3) is 0.500. The summed E-state index contributed by atoms with van der Waals surface area (Å²) in [6.45, 7) is 3.97. The van der Waals surface area contributed by atoms with Crippen LogP contribution in [0.5, 0.6) is 0 Å². The van der Waals surface area contributed by atoms with Crippen LogP contribution in [-0.2, 0) is 11.2 Å². The molecule has 1 aromatic rings. The molecule has 1 heterocycles. The van der Waals surface area contributed by atoms with Gasteiger partial charge >= 0.3 is 5.97 Å². The van der Waals surface area contributed by atoms with Gasteiger partial charge in [0, 0.05) is 5.92 Å². The Hall–Kier alpha value is -1.36. The zero-order chi connectivity index (χ0) is 12.6. The summed E-state index contributed by atoms with van der Waals surface area (Å²) in [5.41, 5.74) is 7.02. The minimum atomic E-state index is -0.412. The summed E-state index contributed by atoms with van der Waals surface area (Å²) < 4.78 is 4.97. The van der Waals surface area contributed by atoms with Crippen LogP contribution in [0.1, 0.15) is 45.9 Å². The van der Waals surface area contributed by atoms with Gasteiger partial charge in [0.25, 0.3) is 0 Å². The molecule has 0 radical (unpaired) electrons. The maximum Gasteiger partial charge on any atom is 0.341 e. The number of nitrogen functional groups attached to an aromatic ring is 1. The first kappa shape index (κ1) is 12.1. The van der Waals surface area contributed by atoms with E-state index in [0.29, 0.717) is 22.0 Å². The molecule has 4 nitrogen and oxygen atoms in total. The SMILES string of the molecule is CCOC(=O)c1c(N)sc2c1CCC(C)C2=O. The number of thiophene rings is 1. The molecule has 2 N–H and O–H groups in total. The van der Waals surface area contributed by atoms with Gasteiger partial charge in [-0.2, -0.15) is 0 Å². The molecule has 0 bridgehead atoms. The molecule has 0 aromatic carbocycles. The Labute approximate surface area is 104 Å². The molecule has 1 aliphatic rings. The lowest BCUT2D eigenvalue weighted by Gasteiger charge is -2.17. The van der Waals surface area contributed by atoms with Gasteiger partial charge in [-0.25, -0.2) is 4.79 Å². The van der Waals surface area contributed by atoms with Crippen molar-refractivity contribution in [3.63, 3.8) is 0 Å². The molecule has 1 unspecified atom stereocenters. The molecule has 0 saturated carbocycles. The lowest BCUT2D eigenvalue weighted by Crippen LogP contribution is -2.20. The first-order chi connectivity index (χ1) is 8.06. The summed E-state index contributed by atoms with van der Waals surface area (Å²) in [4.78, 5) is 24.4.